The number of amides is 2. The van der Waals surface area contributed by atoms with Crippen LogP contribution in [0.1, 0.15) is 137 Å². The molecule has 14 atom stereocenters. The largest absolute Gasteiger partial charge is 0.455 e. The molecule has 6 unspecified atom stereocenters. The Morgan fingerprint density at radius 1 is 1.00 bits per heavy atom. The molecule has 1 spiro atoms. The molecule has 4 aliphatic heterocycles. The van der Waals surface area contributed by atoms with Gasteiger partial charge in [0, 0.05) is 54.5 Å². The van der Waals surface area contributed by atoms with Gasteiger partial charge in [0.1, 0.15) is 28.7 Å². The highest BCUT2D eigenvalue weighted by Crippen LogP contribution is 2.75. The maximum absolute atomic E-state index is 14.0. The molecule has 14 heteroatoms. The molecule has 332 valence electrons. The molecule has 0 bridgehead atoms. The van der Waals surface area contributed by atoms with Crippen LogP contribution >= 0.6 is 11.8 Å². The van der Waals surface area contributed by atoms with E-state index < -0.39 is 69.5 Å². The Balaban J connectivity index is 0.804. The minimum absolute atomic E-state index is 0.0854. The average molecular weight is 855 g/mol. The number of ketones is 2. The van der Waals surface area contributed by atoms with Crippen molar-refractivity contribution in [1.29, 1.82) is 0 Å². The number of hydrogen-bond donors (Lipinski definition) is 5. The minimum Gasteiger partial charge on any atom is -0.455 e. The van der Waals surface area contributed by atoms with Crippen molar-refractivity contribution < 1.29 is 53.5 Å². The van der Waals surface area contributed by atoms with E-state index in [0.717, 1.165) is 56.3 Å². The van der Waals surface area contributed by atoms with Crippen LogP contribution in [0.25, 0.3) is 0 Å². The number of aliphatic hydroxyl groups is 3. The third-order valence-electron chi connectivity index (χ3n) is 17.4. The maximum atomic E-state index is 14.0. The second-order valence-corrected chi connectivity index (χ2v) is 21.5. The number of unbranched alkanes of at least 4 members (excludes halogenated alkanes) is 4. The first-order valence-corrected chi connectivity index (χ1v) is 23.7. The van der Waals surface area contributed by atoms with Gasteiger partial charge in [-0.25, -0.2) is 9.59 Å². The Hall–Kier alpha value is -2.78. The molecule has 0 aromatic rings. The maximum Gasteiger partial charge on any atom is 0.407 e. The van der Waals surface area contributed by atoms with Gasteiger partial charge in [-0.1, -0.05) is 31.8 Å². The number of esters is 1. The molecule has 8 rings (SSSR count). The van der Waals surface area contributed by atoms with Crippen LogP contribution in [0.3, 0.4) is 0 Å². The van der Waals surface area contributed by atoms with Gasteiger partial charge < -0.3 is 40.2 Å². The summed E-state index contributed by atoms with van der Waals surface area (Å²) in [5.74, 6) is 0.540. The summed E-state index contributed by atoms with van der Waals surface area (Å²) in [7, 11) is 0. The number of rotatable bonds is 15. The molecule has 60 heavy (non-hydrogen) atoms. The van der Waals surface area contributed by atoms with Crippen LogP contribution in [0, 0.1) is 28.6 Å². The Kier molecular flexibility index (Phi) is 11.5. The van der Waals surface area contributed by atoms with Crippen LogP contribution in [0.4, 0.5) is 4.79 Å². The number of epoxide rings is 1. The fourth-order valence-corrected chi connectivity index (χ4v) is 15.0. The van der Waals surface area contributed by atoms with Crippen molar-refractivity contribution in [3.05, 3.63) is 23.3 Å². The fraction of sp³-hybridized carbons (Fsp3) is 0.804. The summed E-state index contributed by atoms with van der Waals surface area (Å²) in [4.78, 5) is 64.1. The summed E-state index contributed by atoms with van der Waals surface area (Å²) in [6.45, 7) is 9.13. The van der Waals surface area contributed by atoms with E-state index in [1.54, 1.807) is 13.0 Å². The number of Topliss-reactive ketones (excluding diaryl/α,β-unsaturated/α-hetero) is 1. The molecular formula is C46H66N2O11S. The molecule has 4 aliphatic carbocycles. The summed E-state index contributed by atoms with van der Waals surface area (Å²) in [5.41, 5.74) is -7.23. The molecule has 6 fully saturated rings. The lowest BCUT2D eigenvalue weighted by molar-refractivity contribution is -0.283. The molecule has 8 aliphatic rings. The Morgan fingerprint density at radius 2 is 1.73 bits per heavy atom. The molecule has 0 aromatic carbocycles. The first-order valence-electron chi connectivity index (χ1n) is 22.7. The fourth-order valence-electron chi connectivity index (χ4n) is 13.4. The zero-order chi connectivity index (χ0) is 43.0. The van der Waals surface area contributed by atoms with E-state index in [1.165, 1.54) is 13.0 Å². The Labute approximate surface area is 357 Å². The van der Waals surface area contributed by atoms with Crippen LogP contribution in [0.5, 0.6) is 0 Å². The van der Waals surface area contributed by atoms with E-state index in [1.807, 2.05) is 32.5 Å². The van der Waals surface area contributed by atoms with E-state index in [-0.39, 0.29) is 36.9 Å². The highest BCUT2D eigenvalue weighted by Gasteiger charge is 2.85. The number of hydrogen-bond acceptors (Lipinski definition) is 12. The van der Waals surface area contributed by atoms with Crippen molar-refractivity contribution in [2.45, 2.75) is 189 Å². The van der Waals surface area contributed by atoms with Crippen molar-refractivity contribution >= 4 is 41.3 Å². The van der Waals surface area contributed by atoms with Gasteiger partial charge in [-0.2, -0.15) is 11.8 Å². The van der Waals surface area contributed by atoms with Gasteiger partial charge in [0.25, 0.3) is 0 Å². The molecule has 5 N–H and O–H groups in total. The monoisotopic (exact) mass is 854 g/mol. The quantitative estimate of drug-likeness (QED) is 0.0825. The molecule has 2 amide bonds. The number of carbonyl (C=O) groups excluding carboxylic acids is 5. The summed E-state index contributed by atoms with van der Waals surface area (Å²) < 4.78 is 18.2. The van der Waals surface area contributed by atoms with Crippen molar-refractivity contribution in [2.75, 3.05) is 12.3 Å². The van der Waals surface area contributed by atoms with Gasteiger partial charge in [-0.15, -0.1) is 0 Å². The van der Waals surface area contributed by atoms with Gasteiger partial charge in [0.05, 0.1) is 17.1 Å². The topological polar surface area (TPSA) is 201 Å². The number of cyclic esters (lactones) is 1. The van der Waals surface area contributed by atoms with Crippen molar-refractivity contribution in [1.82, 2.24) is 10.6 Å². The standard InChI is InChI=1S/C46H66N2O11S/c1-26-22-35(57-39(52)27(26)2)43(5,54)45(56)20-19-44(55)31-24-36-46(59-36)34(16-15-33(50)42(46,4)30(31)17-18-41(44,45)3)58-40(53)47-21-11-7-6-8-12-29(49)13-9-10-14-32-38-28(25-60-32)23-37(51)48-38/h15-16,28,30-32,34-36,38,54-56H,6-14,17-25H2,1-5H3,(H,47,53)(H,48,51)/t28?,30?,31?,32?,34-,35?,36+,38?,41-,42-,43-,44+,45-,46+/m0/s1. The number of thioether (sulfide) groups is 1. The highest BCUT2D eigenvalue weighted by atomic mass is 32.2. The SMILES string of the molecule is CC1=C(C)C(=O)OC([C@](C)(O)[C@]2(O)CC[C@@]3(O)C4C[C@H]5O[C@]56[C@@H](OC(=O)NCCCCCCC(=O)CCCCC5SCC7CC(=O)NC75)C=CC(=O)[C@]6(C)C4CC[C@]23C)C1. The Morgan fingerprint density at radius 3 is 2.48 bits per heavy atom. The molecule has 3 saturated carbocycles. The second-order valence-electron chi connectivity index (χ2n) is 20.2. The minimum atomic E-state index is -1.87. The summed E-state index contributed by atoms with van der Waals surface area (Å²) in [5, 5.41) is 44.1. The number of carbonyl (C=O) groups is 5. The van der Waals surface area contributed by atoms with Gasteiger partial charge in [0.15, 0.2) is 11.9 Å². The van der Waals surface area contributed by atoms with Crippen LogP contribution in [0.15, 0.2) is 23.3 Å². The lowest BCUT2D eigenvalue weighted by Gasteiger charge is -2.63. The summed E-state index contributed by atoms with van der Waals surface area (Å²) in [6, 6.07) is 0.310. The first kappa shape index (κ1) is 43.9. The number of ether oxygens (including phenoxy) is 3. The van der Waals surface area contributed by atoms with Crippen LogP contribution in [-0.4, -0.2) is 109 Å². The Bertz CT molecular complexity index is 1850. The molecular weight excluding hydrogens is 789 g/mol. The van der Waals surface area contributed by atoms with E-state index in [4.69, 9.17) is 14.2 Å². The zero-order valence-electron chi connectivity index (χ0n) is 36.0. The smallest absolute Gasteiger partial charge is 0.407 e. The van der Waals surface area contributed by atoms with Crippen molar-refractivity contribution in [3.63, 3.8) is 0 Å². The van der Waals surface area contributed by atoms with Gasteiger partial charge in [0.2, 0.25) is 5.91 Å². The molecule has 0 aromatic heterocycles. The summed E-state index contributed by atoms with van der Waals surface area (Å²) >= 11 is 1.96. The van der Waals surface area contributed by atoms with E-state index in [2.05, 4.69) is 10.6 Å². The molecule has 13 nitrogen and oxygen atoms in total. The first-order chi connectivity index (χ1) is 28.3. The van der Waals surface area contributed by atoms with E-state index >= 15 is 0 Å². The number of nitrogens with one attached hydrogen (secondary N) is 2. The molecule has 3 saturated heterocycles. The highest BCUT2D eigenvalue weighted by molar-refractivity contribution is 8.00. The predicted molar refractivity (Wildman–Crippen MR) is 223 cm³/mol. The predicted octanol–water partition coefficient (Wildman–Crippen LogP) is 5.16. The number of alkyl carbamates (subject to hydrolysis) is 1. The summed E-state index contributed by atoms with van der Waals surface area (Å²) in [6.07, 6.45) is 10.0. The normalized spacial score (nSPS) is 43.5. The van der Waals surface area contributed by atoms with Gasteiger partial charge in [-0.05, 0) is 121 Å². The third kappa shape index (κ3) is 6.65. The lowest BCUT2D eigenvalue weighted by Crippen LogP contribution is -2.73. The van der Waals surface area contributed by atoms with Crippen LogP contribution in [-0.2, 0) is 33.4 Å². The zero-order valence-corrected chi connectivity index (χ0v) is 36.8. The lowest BCUT2D eigenvalue weighted by atomic mass is 9.42. The van der Waals surface area contributed by atoms with Crippen LogP contribution < -0.4 is 10.6 Å². The number of allylic oxidation sites excluding steroid dienone is 1. The van der Waals surface area contributed by atoms with Gasteiger partial charge >= 0.3 is 12.1 Å². The molecule has 0 radical (unpaired) electrons. The third-order valence-corrected chi connectivity index (χ3v) is 18.9. The number of fused-ring (bicyclic) bond motifs is 5. The van der Waals surface area contributed by atoms with Crippen molar-refractivity contribution in [3.8, 4) is 0 Å². The van der Waals surface area contributed by atoms with E-state index in [9.17, 15) is 39.3 Å². The molecule has 4 heterocycles. The van der Waals surface area contributed by atoms with Crippen LogP contribution in [0.2, 0.25) is 0 Å². The van der Waals surface area contributed by atoms with Crippen molar-refractivity contribution in [2.24, 2.45) is 28.6 Å². The van der Waals surface area contributed by atoms with E-state index in [0.29, 0.717) is 73.6 Å². The second kappa shape index (κ2) is 15.8. The average Bonchev–Trinajstić information content (AvgIpc) is 3.55. The van der Waals surface area contributed by atoms with Gasteiger partial charge in [-0.3, -0.25) is 14.4 Å².